The number of aliphatic hydroxyl groups excluding tert-OH is 3. The Morgan fingerprint density at radius 2 is 1.23 bits per heavy atom. The molecule has 0 aromatic carbocycles. The fourth-order valence-corrected chi connectivity index (χ4v) is 4.60. The first kappa shape index (κ1) is 36.0. The molecular weight excluding hydrogens is 588 g/mol. The van der Waals surface area contributed by atoms with E-state index >= 15 is 0 Å². The van der Waals surface area contributed by atoms with Crippen LogP contribution >= 0.6 is 0 Å². The van der Waals surface area contributed by atoms with Gasteiger partial charge in [-0.2, -0.15) is 0 Å². The van der Waals surface area contributed by atoms with Crippen molar-refractivity contribution >= 4 is 29.8 Å². The maximum atomic E-state index is 12.3. The summed E-state index contributed by atoms with van der Waals surface area (Å²) in [5.74, 6) is -4.67. The zero-order valence-electron chi connectivity index (χ0n) is 23.8. The monoisotopic (exact) mass is 624 g/mol. The van der Waals surface area contributed by atoms with Gasteiger partial charge in [0.15, 0.2) is 12.2 Å². The first-order valence-corrected chi connectivity index (χ1v) is 13.3. The van der Waals surface area contributed by atoms with Gasteiger partial charge in [-0.3, -0.25) is 0 Å². The molecule has 242 valence electrons. The Labute approximate surface area is 252 Å². The second-order valence-corrected chi connectivity index (χ2v) is 9.65. The molecule has 2 aliphatic heterocycles. The van der Waals surface area contributed by atoms with Gasteiger partial charge in [-0.15, -0.1) is 0 Å². The van der Waals surface area contributed by atoms with E-state index in [4.69, 9.17) is 33.2 Å². The van der Waals surface area contributed by atoms with Crippen LogP contribution in [0.5, 0.6) is 0 Å². The van der Waals surface area contributed by atoms with E-state index in [1.807, 2.05) is 0 Å². The van der Waals surface area contributed by atoms with Gasteiger partial charge < -0.3 is 48.5 Å². The molecule has 0 aliphatic carbocycles. The van der Waals surface area contributed by atoms with Gasteiger partial charge >= 0.3 is 29.8 Å². The highest BCUT2D eigenvalue weighted by Crippen LogP contribution is 2.37. The molecule has 44 heavy (non-hydrogen) atoms. The predicted molar refractivity (Wildman–Crippen MR) is 147 cm³/mol. The van der Waals surface area contributed by atoms with Crippen LogP contribution in [-0.4, -0.2) is 119 Å². The number of carbonyl (C=O) groups excluding carboxylic acids is 5. The van der Waals surface area contributed by atoms with Gasteiger partial charge in [0.25, 0.3) is 0 Å². The summed E-state index contributed by atoms with van der Waals surface area (Å²) in [5, 5.41) is 33.5. The maximum absolute atomic E-state index is 12.3. The summed E-state index contributed by atoms with van der Waals surface area (Å²) < 4.78 is 38.0. The van der Waals surface area contributed by atoms with Gasteiger partial charge in [0.1, 0.15) is 49.3 Å². The lowest BCUT2D eigenvalue weighted by Crippen LogP contribution is -2.64. The highest BCUT2D eigenvalue weighted by Gasteiger charge is 2.56. The van der Waals surface area contributed by atoms with Gasteiger partial charge in [-0.25, -0.2) is 24.0 Å². The molecule has 0 bridgehead atoms. The molecule has 3 N–H and O–H groups in total. The summed E-state index contributed by atoms with van der Waals surface area (Å²) in [6, 6.07) is 0. The van der Waals surface area contributed by atoms with Crippen LogP contribution in [0.4, 0.5) is 0 Å². The van der Waals surface area contributed by atoms with Gasteiger partial charge in [-0.05, 0) is 0 Å². The molecule has 15 heteroatoms. The Balaban J connectivity index is 2.58. The first-order valence-electron chi connectivity index (χ1n) is 13.3. The molecule has 2 aliphatic rings. The number of aliphatic hydroxyl groups is 3. The van der Waals surface area contributed by atoms with Crippen LogP contribution in [0, 0.1) is 0 Å². The molecule has 0 amide bonds. The molecule has 2 fully saturated rings. The summed E-state index contributed by atoms with van der Waals surface area (Å²) in [4.78, 5) is 60.0. The van der Waals surface area contributed by atoms with Crippen LogP contribution < -0.4 is 0 Å². The van der Waals surface area contributed by atoms with Crippen LogP contribution in [0.25, 0.3) is 0 Å². The molecule has 9 unspecified atom stereocenters. The Morgan fingerprint density at radius 3 is 1.77 bits per heavy atom. The predicted octanol–water partition coefficient (Wildman–Crippen LogP) is -0.862. The van der Waals surface area contributed by atoms with Crippen molar-refractivity contribution in [3.8, 4) is 0 Å². The Bertz CT molecular complexity index is 1130. The number of carbonyl (C=O) groups is 5. The average Bonchev–Trinajstić information content (AvgIpc) is 3.13. The summed E-state index contributed by atoms with van der Waals surface area (Å²) >= 11 is 0. The van der Waals surface area contributed by atoms with E-state index in [2.05, 4.69) is 32.9 Å². The van der Waals surface area contributed by atoms with Crippen LogP contribution in [0.2, 0.25) is 0 Å². The molecule has 0 spiro atoms. The van der Waals surface area contributed by atoms with Crippen molar-refractivity contribution in [2.24, 2.45) is 0 Å². The molecule has 9 atom stereocenters. The third kappa shape index (κ3) is 9.42. The second kappa shape index (κ2) is 16.6. The van der Waals surface area contributed by atoms with Crippen LogP contribution in [0.3, 0.4) is 0 Å². The molecule has 2 heterocycles. The summed E-state index contributed by atoms with van der Waals surface area (Å²) in [7, 11) is 0. The lowest BCUT2D eigenvalue weighted by Gasteiger charge is -2.47. The minimum atomic E-state index is -2.05. The van der Waals surface area contributed by atoms with Gasteiger partial charge in [0.2, 0.25) is 0 Å². The van der Waals surface area contributed by atoms with Crippen molar-refractivity contribution in [3.05, 3.63) is 63.3 Å². The number of rotatable bonds is 14. The fourth-order valence-electron chi connectivity index (χ4n) is 4.60. The molecule has 2 saturated heterocycles. The molecule has 0 aromatic rings. The van der Waals surface area contributed by atoms with E-state index < -0.39 is 111 Å². The fraction of sp³-hybridized carbons (Fsp3) is 0.483. The summed E-state index contributed by atoms with van der Waals surface area (Å²) in [6.07, 6.45) is -9.24. The smallest absolute Gasteiger partial charge is 0.330 e. The third-order valence-electron chi connectivity index (χ3n) is 6.74. The lowest BCUT2D eigenvalue weighted by molar-refractivity contribution is -0.263. The van der Waals surface area contributed by atoms with E-state index in [1.54, 1.807) is 0 Å². The SMILES string of the molecule is C=CC(=O)OCC1OC(CC2(COC(=O)C=C)OCC(OC(=O)C=C)CC(O)C2O)C(OC(=O)C=C)C(O)C1OC(=O)C=C. The molecule has 0 aromatic heterocycles. The van der Waals surface area contributed by atoms with Crippen LogP contribution in [0.15, 0.2) is 63.3 Å². The van der Waals surface area contributed by atoms with Crippen molar-refractivity contribution in [2.45, 2.75) is 67.3 Å². The summed E-state index contributed by atoms with van der Waals surface area (Å²) in [5.41, 5.74) is -2.05. The van der Waals surface area contributed by atoms with Crippen molar-refractivity contribution in [1.29, 1.82) is 0 Å². The second-order valence-electron chi connectivity index (χ2n) is 9.65. The largest absolute Gasteiger partial charge is 0.460 e. The van der Waals surface area contributed by atoms with Gasteiger partial charge in [0, 0.05) is 43.2 Å². The van der Waals surface area contributed by atoms with E-state index in [0.717, 1.165) is 30.4 Å². The first-order chi connectivity index (χ1) is 20.8. The van der Waals surface area contributed by atoms with Gasteiger partial charge in [-0.1, -0.05) is 32.9 Å². The Kier molecular flexibility index (Phi) is 13.6. The lowest BCUT2D eigenvalue weighted by atomic mass is 9.82. The standard InChI is InChI=1S/C29H36O15/c1-6-20(31)38-14-19-27(44-24(35)10-5)25(36)26(43-23(34)9-4)18(42-19)12-29(15-39-21(32)7-2)28(37)17(30)11-16(13-40-29)41-22(33)8-3/h6-10,16-19,25-28,30,36-37H,1-5,11-15H2. The molecule has 15 nitrogen and oxygen atoms in total. The van der Waals surface area contributed by atoms with Crippen molar-refractivity contribution in [3.63, 3.8) is 0 Å². The zero-order valence-corrected chi connectivity index (χ0v) is 23.8. The quantitative estimate of drug-likeness (QED) is 0.122. The number of hydrogen-bond donors (Lipinski definition) is 3. The average molecular weight is 625 g/mol. The minimum Gasteiger partial charge on any atom is -0.460 e. The van der Waals surface area contributed by atoms with Crippen molar-refractivity contribution in [2.75, 3.05) is 19.8 Å². The van der Waals surface area contributed by atoms with Gasteiger partial charge in [0.05, 0.1) is 12.7 Å². The van der Waals surface area contributed by atoms with E-state index in [9.17, 15) is 39.3 Å². The molecule has 2 rings (SSSR count). The normalized spacial score (nSPS) is 31.5. The maximum Gasteiger partial charge on any atom is 0.330 e. The Morgan fingerprint density at radius 1 is 0.727 bits per heavy atom. The van der Waals surface area contributed by atoms with E-state index in [-0.39, 0.29) is 6.42 Å². The Hall–Kier alpha value is -4.15. The molecule has 0 saturated carbocycles. The van der Waals surface area contributed by atoms with Crippen LogP contribution in [-0.2, 0) is 57.1 Å². The number of ether oxygens (including phenoxy) is 7. The van der Waals surface area contributed by atoms with Crippen molar-refractivity contribution in [1.82, 2.24) is 0 Å². The highest BCUT2D eigenvalue weighted by atomic mass is 16.6. The molecule has 0 radical (unpaired) electrons. The molecular formula is C29H36O15. The van der Waals surface area contributed by atoms with E-state index in [1.165, 1.54) is 0 Å². The van der Waals surface area contributed by atoms with Crippen molar-refractivity contribution < 1.29 is 72.5 Å². The topological polar surface area (TPSA) is 211 Å². The minimum absolute atomic E-state index is 0.305. The van der Waals surface area contributed by atoms with E-state index in [0.29, 0.717) is 0 Å². The highest BCUT2D eigenvalue weighted by molar-refractivity contribution is 5.83. The number of hydrogen-bond acceptors (Lipinski definition) is 15. The zero-order chi connectivity index (χ0) is 33.0. The summed E-state index contributed by atoms with van der Waals surface area (Å²) in [6.45, 7) is 14.8. The van der Waals surface area contributed by atoms with Crippen LogP contribution in [0.1, 0.15) is 12.8 Å². The number of esters is 5. The third-order valence-corrected chi connectivity index (χ3v) is 6.74.